The van der Waals surface area contributed by atoms with E-state index < -0.39 is 0 Å². The minimum atomic E-state index is 0.858. The monoisotopic (exact) mass is 229 g/mol. The summed E-state index contributed by atoms with van der Waals surface area (Å²) < 4.78 is 0. The van der Waals surface area contributed by atoms with Crippen molar-refractivity contribution in [3.8, 4) is 0 Å². The molecule has 1 heterocycles. The van der Waals surface area contributed by atoms with Crippen LogP contribution in [0.4, 0.5) is 0 Å². The van der Waals surface area contributed by atoms with Gasteiger partial charge in [0, 0.05) is 0 Å². The lowest BCUT2D eigenvalue weighted by Gasteiger charge is -2.15. The molecule has 3 rings (SSSR count). The van der Waals surface area contributed by atoms with Gasteiger partial charge in [-0.3, -0.25) is 0 Å². The van der Waals surface area contributed by atoms with Crippen molar-refractivity contribution in [2.45, 2.75) is 44.9 Å². The van der Waals surface area contributed by atoms with Crippen molar-refractivity contribution in [3.63, 3.8) is 0 Å². The highest BCUT2D eigenvalue weighted by Crippen LogP contribution is 2.25. The van der Waals surface area contributed by atoms with Crippen molar-refractivity contribution >= 4 is 0 Å². The highest BCUT2D eigenvalue weighted by atomic mass is 14.9. The summed E-state index contributed by atoms with van der Waals surface area (Å²) in [7, 11) is 0. The fraction of sp³-hybridized carbons (Fsp3) is 0.625. The molecule has 92 valence electrons. The topological polar surface area (TPSA) is 12.0 Å². The highest BCUT2D eigenvalue weighted by molar-refractivity contribution is 5.35. The number of aryl methyl sites for hydroxylation is 2. The van der Waals surface area contributed by atoms with Gasteiger partial charge in [-0.2, -0.15) is 0 Å². The van der Waals surface area contributed by atoms with Gasteiger partial charge in [0.2, 0.25) is 0 Å². The summed E-state index contributed by atoms with van der Waals surface area (Å²) in [4.78, 5) is 0. The summed E-state index contributed by atoms with van der Waals surface area (Å²) in [6, 6.07) is 7.23. The van der Waals surface area contributed by atoms with Crippen molar-refractivity contribution in [2.75, 3.05) is 13.1 Å². The average molecular weight is 229 g/mol. The molecule has 1 aromatic rings. The van der Waals surface area contributed by atoms with Gasteiger partial charge in [0.25, 0.3) is 0 Å². The summed E-state index contributed by atoms with van der Waals surface area (Å²) in [5.74, 6) is 0.858. The lowest BCUT2D eigenvalue weighted by molar-refractivity contribution is 0.477. The summed E-state index contributed by atoms with van der Waals surface area (Å²) in [6.07, 6.45) is 9.43. The van der Waals surface area contributed by atoms with Gasteiger partial charge in [0.05, 0.1) is 0 Å². The Balaban J connectivity index is 1.67. The molecule has 1 saturated heterocycles. The molecule has 1 atom stereocenters. The molecule has 0 aromatic heterocycles. The predicted molar refractivity (Wildman–Crippen MR) is 72.4 cm³/mol. The van der Waals surface area contributed by atoms with E-state index in [1.807, 2.05) is 0 Å². The number of hydrogen-bond donors (Lipinski definition) is 1. The first-order valence-electron chi connectivity index (χ1n) is 7.23. The molecule has 1 aliphatic carbocycles. The highest BCUT2D eigenvalue weighted by Gasteiger charge is 2.15. The standard InChI is InChI=1S/C16H23N/c1-2-9-17-12-14(4-1)10-13-7-8-15-5-3-6-16(15)11-13/h7-8,11,14,17H,1-6,9-10,12H2. The summed E-state index contributed by atoms with van der Waals surface area (Å²) >= 11 is 0. The van der Waals surface area contributed by atoms with E-state index in [1.54, 1.807) is 16.7 Å². The van der Waals surface area contributed by atoms with Crippen LogP contribution in [0.5, 0.6) is 0 Å². The zero-order valence-corrected chi connectivity index (χ0v) is 10.7. The molecule has 0 bridgehead atoms. The normalized spacial score (nSPS) is 24.4. The van der Waals surface area contributed by atoms with E-state index in [1.165, 1.54) is 58.0 Å². The number of hydrogen-bond acceptors (Lipinski definition) is 1. The van der Waals surface area contributed by atoms with E-state index in [-0.39, 0.29) is 0 Å². The van der Waals surface area contributed by atoms with Crippen molar-refractivity contribution in [1.82, 2.24) is 5.32 Å². The van der Waals surface area contributed by atoms with Gasteiger partial charge >= 0.3 is 0 Å². The van der Waals surface area contributed by atoms with Crippen LogP contribution in [0.2, 0.25) is 0 Å². The lowest BCUT2D eigenvalue weighted by atomic mass is 9.93. The molecule has 1 aromatic carbocycles. The van der Waals surface area contributed by atoms with E-state index >= 15 is 0 Å². The third-order valence-electron chi connectivity index (χ3n) is 4.34. The molecule has 1 fully saturated rings. The van der Waals surface area contributed by atoms with Gasteiger partial charge in [-0.15, -0.1) is 0 Å². The van der Waals surface area contributed by atoms with Crippen LogP contribution in [0.3, 0.4) is 0 Å². The Labute approximate surface area is 105 Å². The third-order valence-corrected chi connectivity index (χ3v) is 4.34. The maximum absolute atomic E-state index is 3.57. The maximum atomic E-state index is 3.57. The van der Waals surface area contributed by atoms with Crippen molar-refractivity contribution in [1.29, 1.82) is 0 Å². The van der Waals surface area contributed by atoms with Gasteiger partial charge in [-0.05, 0) is 74.2 Å². The Kier molecular flexibility index (Phi) is 3.46. The van der Waals surface area contributed by atoms with E-state index in [0.717, 1.165) is 5.92 Å². The van der Waals surface area contributed by atoms with E-state index in [9.17, 15) is 0 Å². The van der Waals surface area contributed by atoms with Crippen molar-refractivity contribution in [3.05, 3.63) is 34.9 Å². The predicted octanol–water partition coefficient (Wildman–Crippen LogP) is 3.11. The van der Waals surface area contributed by atoms with Gasteiger partial charge in [0.1, 0.15) is 0 Å². The fourth-order valence-corrected chi connectivity index (χ4v) is 3.35. The van der Waals surface area contributed by atoms with Gasteiger partial charge in [0.15, 0.2) is 0 Å². The van der Waals surface area contributed by atoms with Gasteiger partial charge in [-0.1, -0.05) is 24.6 Å². The van der Waals surface area contributed by atoms with Crippen LogP contribution < -0.4 is 5.32 Å². The summed E-state index contributed by atoms with van der Waals surface area (Å²) in [5.41, 5.74) is 4.80. The second-order valence-corrected chi connectivity index (χ2v) is 5.73. The largest absolute Gasteiger partial charge is 0.316 e. The van der Waals surface area contributed by atoms with Crippen LogP contribution in [0.1, 0.15) is 42.4 Å². The molecule has 1 unspecified atom stereocenters. The SMILES string of the molecule is c1cc2c(cc1CC1CCCCNC1)CCC2. The molecule has 1 nitrogen and oxygen atoms in total. The van der Waals surface area contributed by atoms with Crippen LogP contribution >= 0.6 is 0 Å². The zero-order valence-electron chi connectivity index (χ0n) is 10.7. The van der Waals surface area contributed by atoms with Crippen molar-refractivity contribution in [2.24, 2.45) is 5.92 Å². The second-order valence-electron chi connectivity index (χ2n) is 5.73. The Morgan fingerprint density at radius 2 is 2.00 bits per heavy atom. The van der Waals surface area contributed by atoms with Crippen LogP contribution in [0.25, 0.3) is 0 Å². The lowest BCUT2D eigenvalue weighted by Crippen LogP contribution is -2.22. The Hall–Kier alpha value is -0.820. The first kappa shape index (κ1) is 11.3. The quantitative estimate of drug-likeness (QED) is 0.821. The molecule has 0 spiro atoms. The van der Waals surface area contributed by atoms with Crippen molar-refractivity contribution < 1.29 is 0 Å². The molecule has 2 aliphatic rings. The maximum Gasteiger partial charge on any atom is -0.00173 e. The molecule has 0 radical (unpaired) electrons. The van der Waals surface area contributed by atoms with E-state index in [0.29, 0.717) is 0 Å². The van der Waals surface area contributed by atoms with Crippen LogP contribution in [0.15, 0.2) is 18.2 Å². The molecule has 0 amide bonds. The summed E-state index contributed by atoms with van der Waals surface area (Å²) in [5, 5.41) is 3.57. The Morgan fingerprint density at radius 1 is 1.06 bits per heavy atom. The first-order valence-corrected chi connectivity index (χ1v) is 7.23. The molecule has 1 aliphatic heterocycles. The third kappa shape index (κ3) is 2.71. The Bertz CT molecular complexity index is 375. The molecule has 0 saturated carbocycles. The number of nitrogens with one attached hydrogen (secondary N) is 1. The zero-order chi connectivity index (χ0) is 11.5. The number of benzene rings is 1. The summed E-state index contributed by atoms with van der Waals surface area (Å²) in [6.45, 7) is 2.44. The molecule has 1 N–H and O–H groups in total. The van der Waals surface area contributed by atoms with Crippen LogP contribution in [-0.2, 0) is 19.3 Å². The molecular weight excluding hydrogens is 206 g/mol. The van der Waals surface area contributed by atoms with E-state index in [2.05, 4.69) is 23.5 Å². The molecule has 17 heavy (non-hydrogen) atoms. The fourth-order valence-electron chi connectivity index (χ4n) is 3.35. The second kappa shape index (κ2) is 5.22. The van der Waals surface area contributed by atoms with E-state index in [4.69, 9.17) is 0 Å². The first-order chi connectivity index (χ1) is 8.42. The van der Waals surface area contributed by atoms with Gasteiger partial charge in [-0.25, -0.2) is 0 Å². The average Bonchev–Trinajstić information content (AvgIpc) is 2.65. The Morgan fingerprint density at radius 3 is 3.00 bits per heavy atom. The smallest absolute Gasteiger partial charge is 0.00173 e. The number of fused-ring (bicyclic) bond motifs is 1. The molecule has 1 heteroatoms. The number of rotatable bonds is 2. The minimum absolute atomic E-state index is 0.858. The van der Waals surface area contributed by atoms with Crippen LogP contribution in [0, 0.1) is 5.92 Å². The van der Waals surface area contributed by atoms with Gasteiger partial charge < -0.3 is 5.32 Å². The minimum Gasteiger partial charge on any atom is -0.316 e. The molecular formula is C16H23N. The van der Waals surface area contributed by atoms with Crippen LogP contribution in [-0.4, -0.2) is 13.1 Å².